The lowest BCUT2D eigenvalue weighted by Gasteiger charge is -2.16. The lowest BCUT2D eigenvalue weighted by molar-refractivity contribution is 0.394. The van der Waals surface area contributed by atoms with E-state index < -0.39 is 11.9 Å². The highest BCUT2D eigenvalue weighted by molar-refractivity contribution is 5.28. The van der Waals surface area contributed by atoms with Gasteiger partial charge in [0.15, 0.2) is 0 Å². The van der Waals surface area contributed by atoms with E-state index in [-0.39, 0.29) is 0 Å². The summed E-state index contributed by atoms with van der Waals surface area (Å²) in [7, 11) is 1.49. The summed E-state index contributed by atoms with van der Waals surface area (Å²) in [5, 5.41) is 0. The van der Waals surface area contributed by atoms with Crippen molar-refractivity contribution in [2.24, 2.45) is 5.84 Å². The van der Waals surface area contributed by atoms with Gasteiger partial charge in [-0.2, -0.15) is 0 Å². The number of rotatable bonds is 4. The Morgan fingerprint density at radius 1 is 1.44 bits per heavy atom. The number of hydrogen-bond acceptors (Lipinski definition) is 6. The van der Waals surface area contributed by atoms with E-state index in [0.717, 1.165) is 6.20 Å². The van der Waals surface area contributed by atoms with Gasteiger partial charge in [-0.1, -0.05) is 0 Å². The van der Waals surface area contributed by atoms with Gasteiger partial charge in [-0.25, -0.2) is 19.8 Å². The van der Waals surface area contributed by atoms with E-state index >= 15 is 0 Å². The third kappa shape index (κ3) is 2.41. The van der Waals surface area contributed by atoms with Crippen LogP contribution in [0.2, 0.25) is 0 Å². The number of nitrogens with zero attached hydrogens (tertiary/aromatic N) is 3. The van der Waals surface area contributed by atoms with Crippen LogP contribution >= 0.6 is 0 Å². The fourth-order valence-corrected chi connectivity index (χ4v) is 1.58. The van der Waals surface area contributed by atoms with Gasteiger partial charge in [0.2, 0.25) is 5.88 Å². The molecule has 0 aromatic carbocycles. The second-order valence-corrected chi connectivity index (χ2v) is 3.48. The number of ether oxygens (including phenoxy) is 1. The predicted octanol–water partition coefficient (Wildman–Crippen LogP) is 0.572. The monoisotopic (exact) mass is 249 g/mol. The van der Waals surface area contributed by atoms with E-state index in [2.05, 4.69) is 20.4 Å². The first-order valence-corrected chi connectivity index (χ1v) is 5.17. The topological polar surface area (TPSA) is 86.0 Å². The molecule has 18 heavy (non-hydrogen) atoms. The molecule has 0 aliphatic heterocycles. The van der Waals surface area contributed by atoms with Crippen molar-refractivity contribution in [3.63, 3.8) is 0 Å². The molecular weight excluding hydrogens is 237 g/mol. The average Bonchev–Trinajstić information content (AvgIpc) is 2.42. The molecule has 3 N–H and O–H groups in total. The minimum atomic E-state index is -0.593. The maximum absolute atomic E-state index is 13.7. The minimum absolute atomic E-state index is 0.355. The van der Waals surface area contributed by atoms with Crippen LogP contribution in [0.25, 0.3) is 0 Å². The van der Waals surface area contributed by atoms with Crippen LogP contribution in [0.15, 0.2) is 30.9 Å². The van der Waals surface area contributed by atoms with Gasteiger partial charge in [-0.3, -0.25) is 10.8 Å². The Morgan fingerprint density at radius 2 is 2.28 bits per heavy atom. The summed E-state index contributed by atoms with van der Waals surface area (Å²) in [6, 6.07) is 2.53. The molecule has 0 saturated heterocycles. The lowest BCUT2D eigenvalue weighted by Crippen LogP contribution is -2.30. The molecule has 94 valence electrons. The molecule has 0 aliphatic rings. The summed E-state index contributed by atoms with van der Waals surface area (Å²) in [5.74, 6) is 5.38. The van der Waals surface area contributed by atoms with Crippen molar-refractivity contribution in [3.8, 4) is 5.88 Å². The Bertz CT molecular complexity index is 536. The molecular formula is C11H12FN5O. The molecule has 2 rings (SSSR count). The van der Waals surface area contributed by atoms with Crippen molar-refractivity contribution >= 4 is 0 Å². The number of aromatic nitrogens is 3. The van der Waals surface area contributed by atoms with Crippen molar-refractivity contribution in [2.75, 3.05) is 7.11 Å². The maximum Gasteiger partial charge on any atom is 0.216 e. The second kappa shape index (κ2) is 5.48. The molecule has 0 aliphatic carbocycles. The van der Waals surface area contributed by atoms with Crippen molar-refractivity contribution < 1.29 is 9.13 Å². The fourth-order valence-electron chi connectivity index (χ4n) is 1.58. The molecule has 6 nitrogen and oxygen atoms in total. The average molecular weight is 249 g/mol. The minimum Gasteiger partial charge on any atom is -0.481 e. The van der Waals surface area contributed by atoms with E-state index in [1.54, 1.807) is 6.07 Å². The summed E-state index contributed by atoms with van der Waals surface area (Å²) >= 11 is 0. The van der Waals surface area contributed by atoms with Crippen LogP contribution in [0, 0.1) is 5.82 Å². The van der Waals surface area contributed by atoms with Crippen LogP contribution in [-0.2, 0) is 0 Å². The van der Waals surface area contributed by atoms with E-state index in [4.69, 9.17) is 10.6 Å². The van der Waals surface area contributed by atoms with Crippen molar-refractivity contribution in [3.05, 3.63) is 47.9 Å². The molecule has 0 saturated carbocycles. The van der Waals surface area contributed by atoms with Gasteiger partial charge in [0, 0.05) is 17.8 Å². The number of nitrogens with two attached hydrogens (primary N) is 1. The van der Waals surface area contributed by atoms with Gasteiger partial charge in [-0.05, 0) is 6.07 Å². The highest BCUT2D eigenvalue weighted by atomic mass is 19.1. The molecule has 0 bridgehead atoms. The summed E-state index contributed by atoms with van der Waals surface area (Å²) in [6.07, 6.45) is 3.94. The molecule has 0 fully saturated rings. The van der Waals surface area contributed by atoms with Crippen molar-refractivity contribution in [2.45, 2.75) is 6.04 Å². The highest BCUT2D eigenvalue weighted by Crippen LogP contribution is 2.22. The van der Waals surface area contributed by atoms with Crippen LogP contribution in [-0.4, -0.2) is 22.1 Å². The third-order valence-electron chi connectivity index (χ3n) is 2.45. The zero-order chi connectivity index (χ0) is 13.0. The van der Waals surface area contributed by atoms with E-state index in [9.17, 15) is 4.39 Å². The summed E-state index contributed by atoms with van der Waals surface area (Å²) in [5.41, 5.74) is 3.38. The zero-order valence-corrected chi connectivity index (χ0v) is 9.67. The first kappa shape index (κ1) is 12.3. The van der Waals surface area contributed by atoms with Crippen molar-refractivity contribution in [1.82, 2.24) is 20.4 Å². The van der Waals surface area contributed by atoms with Gasteiger partial charge in [0.05, 0.1) is 25.0 Å². The van der Waals surface area contributed by atoms with Gasteiger partial charge in [0.25, 0.3) is 0 Å². The van der Waals surface area contributed by atoms with Gasteiger partial charge in [0.1, 0.15) is 12.1 Å². The smallest absolute Gasteiger partial charge is 0.216 e. The quantitative estimate of drug-likeness (QED) is 0.608. The van der Waals surface area contributed by atoms with Crippen LogP contribution in [0.5, 0.6) is 5.88 Å². The Kier molecular flexibility index (Phi) is 3.75. The molecule has 0 radical (unpaired) electrons. The first-order valence-electron chi connectivity index (χ1n) is 5.17. The Labute approximate surface area is 103 Å². The Balaban J connectivity index is 2.42. The van der Waals surface area contributed by atoms with Crippen LogP contribution in [0.3, 0.4) is 0 Å². The molecule has 2 aromatic heterocycles. The van der Waals surface area contributed by atoms with E-state index in [1.165, 1.54) is 25.7 Å². The third-order valence-corrected chi connectivity index (χ3v) is 2.45. The van der Waals surface area contributed by atoms with E-state index in [0.29, 0.717) is 17.1 Å². The highest BCUT2D eigenvalue weighted by Gasteiger charge is 2.18. The standard InChI is InChI=1S/C11H12FN5O/c1-18-10-4-9(15-6-16-10)11(17-13)7-2-3-14-5-8(7)12/h2-6,11,17H,13H2,1H3. The van der Waals surface area contributed by atoms with Gasteiger partial charge in [-0.15, -0.1) is 0 Å². The molecule has 1 atom stereocenters. The number of nitrogens with one attached hydrogen (secondary N) is 1. The van der Waals surface area contributed by atoms with Gasteiger partial charge < -0.3 is 4.74 Å². The fraction of sp³-hybridized carbons (Fsp3) is 0.182. The number of hydrazine groups is 1. The van der Waals surface area contributed by atoms with Crippen LogP contribution in [0.1, 0.15) is 17.3 Å². The lowest BCUT2D eigenvalue weighted by atomic mass is 10.1. The molecule has 0 amide bonds. The predicted molar refractivity (Wildman–Crippen MR) is 61.9 cm³/mol. The normalized spacial score (nSPS) is 12.2. The molecule has 2 aromatic rings. The molecule has 7 heteroatoms. The van der Waals surface area contributed by atoms with E-state index in [1.807, 2.05) is 0 Å². The number of halogens is 1. The summed E-state index contributed by atoms with van der Waals surface area (Å²) < 4.78 is 18.7. The number of pyridine rings is 1. The second-order valence-electron chi connectivity index (χ2n) is 3.48. The largest absolute Gasteiger partial charge is 0.481 e. The van der Waals surface area contributed by atoms with Crippen LogP contribution in [0.4, 0.5) is 4.39 Å². The Morgan fingerprint density at radius 3 is 2.94 bits per heavy atom. The SMILES string of the molecule is COc1cc(C(NN)c2ccncc2F)ncn1. The molecule has 1 unspecified atom stereocenters. The summed E-state index contributed by atoms with van der Waals surface area (Å²) in [6.45, 7) is 0. The number of methoxy groups -OCH3 is 1. The Hall–Kier alpha value is -2.12. The summed E-state index contributed by atoms with van der Waals surface area (Å²) in [4.78, 5) is 11.6. The maximum atomic E-state index is 13.7. The number of hydrogen-bond donors (Lipinski definition) is 2. The van der Waals surface area contributed by atoms with Crippen LogP contribution < -0.4 is 16.0 Å². The first-order chi connectivity index (χ1) is 8.76. The van der Waals surface area contributed by atoms with Gasteiger partial charge >= 0.3 is 0 Å². The van der Waals surface area contributed by atoms with Crippen molar-refractivity contribution in [1.29, 1.82) is 0 Å². The molecule has 2 heterocycles. The zero-order valence-electron chi connectivity index (χ0n) is 9.67. The molecule has 0 spiro atoms.